The molecule has 1 heterocycles. The van der Waals surface area contributed by atoms with Gasteiger partial charge >= 0.3 is 0 Å². The molecule has 0 atom stereocenters. The Hall–Kier alpha value is -3.93. The van der Waals surface area contributed by atoms with Gasteiger partial charge in [0.1, 0.15) is 5.75 Å². The van der Waals surface area contributed by atoms with Crippen LogP contribution in [-0.2, 0) is 7.05 Å². The van der Waals surface area contributed by atoms with Crippen LogP contribution in [0.5, 0.6) is 5.75 Å². The SMILES string of the molecule is COc1ccc(-c2nn(C)c(=O)c3ccccc23)cc1NC(=O)c1ccccc1. The predicted octanol–water partition coefficient (Wildman–Crippen LogP) is 3.86. The number of hydrogen-bond acceptors (Lipinski definition) is 4. The molecule has 6 heteroatoms. The zero-order chi connectivity index (χ0) is 20.4. The monoisotopic (exact) mass is 385 g/mol. The molecule has 6 nitrogen and oxygen atoms in total. The number of rotatable bonds is 4. The van der Waals surface area contributed by atoms with Crippen molar-refractivity contribution in [1.29, 1.82) is 0 Å². The van der Waals surface area contributed by atoms with E-state index >= 15 is 0 Å². The van der Waals surface area contributed by atoms with Gasteiger partial charge in [0.05, 0.1) is 23.9 Å². The fourth-order valence-corrected chi connectivity index (χ4v) is 3.25. The molecule has 0 radical (unpaired) electrons. The average molecular weight is 385 g/mol. The standard InChI is InChI=1S/C23H19N3O3/c1-26-23(28)18-11-7-6-10-17(18)21(25-26)16-12-13-20(29-2)19(14-16)24-22(27)15-8-4-3-5-9-15/h3-14H,1-2H3,(H,24,27). The lowest BCUT2D eigenvalue weighted by Crippen LogP contribution is -2.20. The number of anilines is 1. The van der Waals surface area contributed by atoms with Crippen molar-refractivity contribution in [3.8, 4) is 17.0 Å². The second kappa shape index (κ2) is 7.59. The predicted molar refractivity (Wildman–Crippen MR) is 113 cm³/mol. The molecule has 0 bridgehead atoms. The van der Waals surface area contributed by atoms with Crippen molar-refractivity contribution in [1.82, 2.24) is 9.78 Å². The molecule has 3 aromatic carbocycles. The fraction of sp³-hybridized carbons (Fsp3) is 0.0870. The van der Waals surface area contributed by atoms with Crippen molar-refractivity contribution in [2.75, 3.05) is 12.4 Å². The molecule has 0 aliphatic rings. The molecule has 0 spiro atoms. The summed E-state index contributed by atoms with van der Waals surface area (Å²) in [6, 6.07) is 21.7. The Morgan fingerprint density at radius 1 is 0.966 bits per heavy atom. The van der Waals surface area contributed by atoms with Gasteiger partial charge in [-0.2, -0.15) is 5.10 Å². The molecule has 144 valence electrons. The van der Waals surface area contributed by atoms with Crippen LogP contribution >= 0.6 is 0 Å². The summed E-state index contributed by atoms with van der Waals surface area (Å²) >= 11 is 0. The van der Waals surface area contributed by atoms with Crippen LogP contribution in [0.25, 0.3) is 22.0 Å². The summed E-state index contributed by atoms with van der Waals surface area (Å²) in [5.74, 6) is 0.298. The molecule has 29 heavy (non-hydrogen) atoms. The van der Waals surface area contributed by atoms with Gasteiger partial charge in [-0.25, -0.2) is 4.68 Å². The molecule has 0 saturated heterocycles. The van der Waals surface area contributed by atoms with Crippen LogP contribution in [0.4, 0.5) is 5.69 Å². The normalized spacial score (nSPS) is 10.7. The topological polar surface area (TPSA) is 73.2 Å². The zero-order valence-corrected chi connectivity index (χ0v) is 16.0. The lowest BCUT2D eigenvalue weighted by Gasteiger charge is -2.13. The maximum absolute atomic E-state index is 12.6. The van der Waals surface area contributed by atoms with E-state index in [-0.39, 0.29) is 11.5 Å². The van der Waals surface area contributed by atoms with Crippen LogP contribution in [0, 0.1) is 0 Å². The number of aryl methyl sites for hydroxylation is 1. The van der Waals surface area contributed by atoms with Gasteiger partial charge in [-0.05, 0) is 36.4 Å². The Labute approximate surface area is 167 Å². The molecule has 4 rings (SSSR count). The second-order valence-electron chi connectivity index (χ2n) is 6.56. The van der Waals surface area contributed by atoms with E-state index < -0.39 is 0 Å². The van der Waals surface area contributed by atoms with E-state index in [9.17, 15) is 9.59 Å². The number of carbonyl (C=O) groups is 1. The number of benzene rings is 3. The van der Waals surface area contributed by atoms with Gasteiger partial charge in [0.2, 0.25) is 0 Å². The summed E-state index contributed by atoms with van der Waals surface area (Å²) < 4.78 is 6.74. The van der Waals surface area contributed by atoms with Crippen molar-refractivity contribution in [3.05, 3.63) is 88.7 Å². The number of hydrogen-bond donors (Lipinski definition) is 1. The Balaban J connectivity index is 1.82. The fourth-order valence-electron chi connectivity index (χ4n) is 3.25. The molecule has 0 fully saturated rings. The number of nitrogens with zero attached hydrogens (tertiary/aromatic N) is 2. The molecule has 0 aliphatic heterocycles. The number of nitrogens with one attached hydrogen (secondary N) is 1. The highest BCUT2D eigenvalue weighted by molar-refractivity contribution is 6.05. The van der Waals surface area contributed by atoms with Crippen LogP contribution in [0.15, 0.2) is 77.6 Å². The Bertz CT molecular complexity index is 1260. The van der Waals surface area contributed by atoms with E-state index in [1.165, 1.54) is 4.68 Å². The van der Waals surface area contributed by atoms with Gasteiger partial charge in [0, 0.05) is 23.6 Å². The Kier molecular flexibility index (Phi) is 4.83. The number of carbonyl (C=O) groups excluding carboxylic acids is 1. The number of methoxy groups -OCH3 is 1. The number of fused-ring (bicyclic) bond motifs is 1. The molecule has 4 aromatic rings. The molecular weight excluding hydrogens is 366 g/mol. The highest BCUT2D eigenvalue weighted by Crippen LogP contribution is 2.32. The minimum absolute atomic E-state index is 0.157. The first kappa shape index (κ1) is 18.4. The molecule has 1 amide bonds. The van der Waals surface area contributed by atoms with Crippen molar-refractivity contribution in [2.45, 2.75) is 0 Å². The van der Waals surface area contributed by atoms with Gasteiger partial charge < -0.3 is 10.1 Å². The maximum Gasteiger partial charge on any atom is 0.274 e. The lowest BCUT2D eigenvalue weighted by molar-refractivity contribution is 0.102. The minimum Gasteiger partial charge on any atom is -0.495 e. The maximum atomic E-state index is 12.6. The third-order valence-corrected chi connectivity index (χ3v) is 4.71. The number of amides is 1. The quantitative estimate of drug-likeness (QED) is 0.579. The van der Waals surface area contributed by atoms with Gasteiger partial charge in [0.15, 0.2) is 0 Å². The van der Waals surface area contributed by atoms with Gasteiger partial charge in [-0.3, -0.25) is 9.59 Å². The largest absolute Gasteiger partial charge is 0.495 e. The molecule has 0 unspecified atom stereocenters. The van der Waals surface area contributed by atoms with E-state index in [1.54, 1.807) is 44.5 Å². The van der Waals surface area contributed by atoms with Gasteiger partial charge in [-0.15, -0.1) is 0 Å². The summed E-state index contributed by atoms with van der Waals surface area (Å²) in [6.45, 7) is 0. The first-order valence-electron chi connectivity index (χ1n) is 9.09. The van der Waals surface area contributed by atoms with Crippen LogP contribution in [0.2, 0.25) is 0 Å². The number of ether oxygens (including phenoxy) is 1. The van der Waals surface area contributed by atoms with Crippen LogP contribution in [0.1, 0.15) is 10.4 Å². The molecule has 0 aliphatic carbocycles. The highest BCUT2D eigenvalue weighted by atomic mass is 16.5. The molecule has 1 aromatic heterocycles. The number of aromatic nitrogens is 2. The summed E-state index contributed by atoms with van der Waals surface area (Å²) in [7, 11) is 3.17. The summed E-state index contributed by atoms with van der Waals surface area (Å²) in [6.07, 6.45) is 0. The zero-order valence-electron chi connectivity index (χ0n) is 16.0. The van der Waals surface area contributed by atoms with Crippen molar-refractivity contribution >= 4 is 22.4 Å². The Morgan fingerprint density at radius 3 is 2.38 bits per heavy atom. The van der Waals surface area contributed by atoms with E-state index in [0.29, 0.717) is 28.1 Å². The summed E-state index contributed by atoms with van der Waals surface area (Å²) in [5.41, 5.74) is 2.33. The molecular formula is C23H19N3O3. The van der Waals surface area contributed by atoms with Crippen LogP contribution < -0.4 is 15.6 Å². The lowest BCUT2D eigenvalue weighted by atomic mass is 10.0. The van der Waals surface area contributed by atoms with Crippen LogP contribution in [0.3, 0.4) is 0 Å². The first-order valence-corrected chi connectivity index (χ1v) is 9.09. The molecule has 1 N–H and O–H groups in total. The van der Waals surface area contributed by atoms with E-state index in [1.807, 2.05) is 42.5 Å². The second-order valence-corrected chi connectivity index (χ2v) is 6.56. The minimum atomic E-state index is -0.237. The van der Waals surface area contributed by atoms with E-state index in [4.69, 9.17) is 4.74 Å². The summed E-state index contributed by atoms with van der Waals surface area (Å²) in [5, 5.41) is 8.70. The average Bonchev–Trinajstić information content (AvgIpc) is 2.77. The van der Waals surface area contributed by atoms with Crippen molar-refractivity contribution in [2.24, 2.45) is 7.05 Å². The first-order chi connectivity index (χ1) is 14.1. The van der Waals surface area contributed by atoms with Gasteiger partial charge in [0.25, 0.3) is 11.5 Å². The smallest absolute Gasteiger partial charge is 0.274 e. The van der Waals surface area contributed by atoms with Crippen LogP contribution in [-0.4, -0.2) is 22.8 Å². The Morgan fingerprint density at radius 2 is 1.66 bits per heavy atom. The van der Waals surface area contributed by atoms with Crippen molar-refractivity contribution in [3.63, 3.8) is 0 Å². The van der Waals surface area contributed by atoms with Gasteiger partial charge in [-0.1, -0.05) is 36.4 Å². The highest BCUT2D eigenvalue weighted by Gasteiger charge is 2.15. The van der Waals surface area contributed by atoms with E-state index in [2.05, 4.69) is 10.4 Å². The third kappa shape index (κ3) is 3.48. The summed E-state index contributed by atoms with van der Waals surface area (Å²) in [4.78, 5) is 25.0. The molecule has 0 saturated carbocycles. The van der Waals surface area contributed by atoms with E-state index in [0.717, 1.165) is 10.9 Å². The van der Waals surface area contributed by atoms with Crippen molar-refractivity contribution < 1.29 is 9.53 Å². The third-order valence-electron chi connectivity index (χ3n) is 4.71.